The van der Waals surface area contributed by atoms with Gasteiger partial charge in [-0.05, 0) is 18.6 Å². The van der Waals surface area contributed by atoms with Crippen molar-refractivity contribution in [2.75, 3.05) is 0 Å². The molecule has 0 spiro atoms. The van der Waals surface area contributed by atoms with Crippen molar-refractivity contribution in [3.05, 3.63) is 29.4 Å². The fourth-order valence-electron chi connectivity index (χ4n) is 1.41. The number of carbonyl (C=O) groups excluding carboxylic acids is 1. The largest absolute Gasteiger partial charge is 0.364 e. The van der Waals surface area contributed by atoms with Crippen LogP contribution in [-0.2, 0) is 6.42 Å². The molecular formula is C11H12N4O2. The van der Waals surface area contributed by atoms with Gasteiger partial charge in [0.25, 0.3) is 5.91 Å². The van der Waals surface area contributed by atoms with Crippen LogP contribution in [0.25, 0.3) is 11.4 Å². The summed E-state index contributed by atoms with van der Waals surface area (Å²) >= 11 is 0. The van der Waals surface area contributed by atoms with E-state index in [1.165, 1.54) is 0 Å². The molecule has 2 aromatic rings. The van der Waals surface area contributed by atoms with E-state index < -0.39 is 5.91 Å². The molecule has 0 radical (unpaired) electrons. The van der Waals surface area contributed by atoms with Gasteiger partial charge in [-0.2, -0.15) is 4.98 Å². The van der Waals surface area contributed by atoms with E-state index in [0.29, 0.717) is 23.7 Å². The molecule has 0 aromatic carbocycles. The number of aryl methyl sites for hydroxylation is 2. The third-order valence-corrected chi connectivity index (χ3v) is 2.37. The van der Waals surface area contributed by atoms with Crippen LogP contribution in [0.5, 0.6) is 0 Å². The van der Waals surface area contributed by atoms with Gasteiger partial charge in [-0.3, -0.25) is 9.78 Å². The maximum atomic E-state index is 11.1. The number of hydrogen-bond acceptors (Lipinski definition) is 5. The van der Waals surface area contributed by atoms with E-state index in [9.17, 15) is 4.79 Å². The van der Waals surface area contributed by atoms with Crippen LogP contribution in [0, 0.1) is 6.92 Å². The summed E-state index contributed by atoms with van der Waals surface area (Å²) in [6.45, 7) is 3.78. The van der Waals surface area contributed by atoms with E-state index in [1.807, 2.05) is 13.8 Å². The first-order chi connectivity index (χ1) is 8.11. The lowest BCUT2D eigenvalue weighted by Crippen LogP contribution is -2.13. The van der Waals surface area contributed by atoms with E-state index in [-0.39, 0.29) is 5.69 Å². The monoisotopic (exact) mass is 232 g/mol. The van der Waals surface area contributed by atoms with Crippen LogP contribution >= 0.6 is 0 Å². The van der Waals surface area contributed by atoms with Crippen molar-refractivity contribution in [3.8, 4) is 11.4 Å². The molecule has 0 aliphatic carbocycles. The molecule has 2 N–H and O–H groups in total. The van der Waals surface area contributed by atoms with Crippen LogP contribution in [0.4, 0.5) is 0 Å². The fourth-order valence-corrected chi connectivity index (χ4v) is 1.41. The first-order valence-corrected chi connectivity index (χ1v) is 5.21. The van der Waals surface area contributed by atoms with Gasteiger partial charge in [-0.1, -0.05) is 12.1 Å². The first kappa shape index (κ1) is 11.3. The average Bonchev–Trinajstić information content (AvgIpc) is 2.77. The topological polar surface area (TPSA) is 94.9 Å². The molecule has 0 unspecified atom stereocenters. The van der Waals surface area contributed by atoms with Crippen molar-refractivity contribution < 1.29 is 9.32 Å². The number of primary amides is 1. The first-order valence-electron chi connectivity index (χ1n) is 5.21. The molecule has 6 nitrogen and oxygen atoms in total. The molecular weight excluding hydrogens is 220 g/mol. The van der Waals surface area contributed by atoms with E-state index in [2.05, 4.69) is 15.1 Å². The summed E-state index contributed by atoms with van der Waals surface area (Å²) in [5, 5.41) is 3.85. The van der Waals surface area contributed by atoms with Crippen molar-refractivity contribution >= 4 is 5.91 Å². The summed E-state index contributed by atoms with van der Waals surface area (Å²) < 4.78 is 5.03. The average molecular weight is 232 g/mol. The highest BCUT2D eigenvalue weighted by atomic mass is 16.5. The SMILES string of the molecule is CCc1nc(-c2cc(C(N)=O)ncc2C)no1. The maximum Gasteiger partial charge on any atom is 0.267 e. The Labute approximate surface area is 97.9 Å². The van der Waals surface area contributed by atoms with Gasteiger partial charge in [0.2, 0.25) is 11.7 Å². The van der Waals surface area contributed by atoms with Crippen LogP contribution in [0.3, 0.4) is 0 Å². The van der Waals surface area contributed by atoms with Crippen molar-refractivity contribution in [1.82, 2.24) is 15.1 Å². The predicted molar refractivity (Wildman–Crippen MR) is 60.2 cm³/mol. The highest BCUT2D eigenvalue weighted by Gasteiger charge is 2.13. The zero-order valence-corrected chi connectivity index (χ0v) is 9.60. The van der Waals surface area contributed by atoms with Gasteiger partial charge in [-0.15, -0.1) is 0 Å². The minimum absolute atomic E-state index is 0.188. The highest BCUT2D eigenvalue weighted by molar-refractivity contribution is 5.92. The van der Waals surface area contributed by atoms with Crippen molar-refractivity contribution in [2.45, 2.75) is 20.3 Å². The number of amides is 1. The van der Waals surface area contributed by atoms with Gasteiger partial charge >= 0.3 is 0 Å². The zero-order valence-electron chi connectivity index (χ0n) is 9.60. The number of hydrogen-bond donors (Lipinski definition) is 1. The van der Waals surface area contributed by atoms with E-state index in [0.717, 1.165) is 5.56 Å². The lowest BCUT2D eigenvalue weighted by Gasteiger charge is -2.01. The van der Waals surface area contributed by atoms with Gasteiger partial charge in [-0.25, -0.2) is 0 Å². The normalized spacial score (nSPS) is 10.5. The number of rotatable bonds is 3. The molecule has 0 saturated carbocycles. The van der Waals surface area contributed by atoms with Crippen LogP contribution < -0.4 is 5.73 Å². The minimum Gasteiger partial charge on any atom is -0.364 e. The van der Waals surface area contributed by atoms with Crippen molar-refractivity contribution in [3.63, 3.8) is 0 Å². The van der Waals surface area contributed by atoms with Crippen LogP contribution in [0.1, 0.15) is 28.9 Å². The van der Waals surface area contributed by atoms with E-state index >= 15 is 0 Å². The smallest absolute Gasteiger partial charge is 0.267 e. The third-order valence-electron chi connectivity index (χ3n) is 2.37. The van der Waals surface area contributed by atoms with Crippen LogP contribution in [0.2, 0.25) is 0 Å². The number of aromatic nitrogens is 3. The second kappa shape index (κ2) is 4.32. The number of nitrogens with zero attached hydrogens (tertiary/aromatic N) is 3. The van der Waals surface area contributed by atoms with Crippen LogP contribution in [-0.4, -0.2) is 21.0 Å². The van der Waals surface area contributed by atoms with Gasteiger partial charge < -0.3 is 10.3 Å². The summed E-state index contributed by atoms with van der Waals surface area (Å²) in [5.41, 5.74) is 6.93. The number of nitrogens with two attached hydrogens (primary N) is 1. The summed E-state index contributed by atoms with van der Waals surface area (Å²) in [7, 11) is 0. The third kappa shape index (κ3) is 2.15. The molecule has 1 amide bonds. The second-order valence-electron chi connectivity index (χ2n) is 3.61. The van der Waals surface area contributed by atoms with E-state index in [4.69, 9.17) is 10.3 Å². The predicted octanol–water partition coefficient (Wildman–Crippen LogP) is 1.10. The van der Waals surface area contributed by atoms with Gasteiger partial charge in [0.1, 0.15) is 5.69 Å². The minimum atomic E-state index is -0.578. The molecule has 17 heavy (non-hydrogen) atoms. The summed E-state index contributed by atoms with van der Waals surface area (Å²) in [4.78, 5) is 19.2. The molecule has 2 aromatic heterocycles. The maximum absolute atomic E-state index is 11.1. The Balaban J connectivity index is 2.49. The molecule has 2 heterocycles. The Kier molecular flexibility index (Phi) is 2.86. The number of carbonyl (C=O) groups is 1. The Hall–Kier alpha value is -2.24. The molecule has 2 rings (SSSR count). The Morgan fingerprint density at radius 2 is 2.29 bits per heavy atom. The van der Waals surface area contributed by atoms with Crippen molar-refractivity contribution in [2.24, 2.45) is 5.73 Å². The van der Waals surface area contributed by atoms with Gasteiger partial charge in [0, 0.05) is 18.2 Å². The molecule has 0 atom stereocenters. The molecule has 6 heteroatoms. The van der Waals surface area contributed by atoms with Crippen LogP contribution in [0.15, 0.2) is 16.8 Å². The van der Waals surface area contributed by atoms with Gasteiger partial charge in [0.05, 0.1) is 0 Å². The van der Waals surface area contributed by atoms with E-state index in [1.54, 1.807) is 12.3 Å². The van der Waals surface area contributed by atoms with Gasteiger partial charge in [0.15, 0.2) is 0 Å². The molecule has 0 aliphatic heterocycles. The molecule has 88 valence electrons. The lowest BCUT2D eigenvalue weighted by molar-refractivity contribution is 0.0995. The Bertz CT molecular complexity index is 562. The molecule has 0 bridgehead atoms. The number of pyridine rings is 1. The molecule has 0 fully saturated rings. The quantitative estimate of drug-likeness (QED) is 0.854. The fraction of sp³-hybridized carbons (Fsp3) is 0.273. The molecule has 0 aliphatic rings. The standard InChI is InChI=1S/C11H12N4O2/c1-3-9-14-11(15-17-9)7-4-8(10(12)16)13-5-6(7)2/h4-5H,3H2,1-2H3,(H2,12,16). The lowest BCUT2D eigenvalue weighted by atomic mass is 10.1. The zero-order chi connectivity index (χ0) is 12.4. The second-order valence-corrected chi connectivity index (χ2v) is 3.61. The summed E-state index contributed by atoms with van der Waals surface area (Å²) in [5.74, 6) is 0.423. The Morgan fingerprint density at radius 3 is 2.88 bits per heavy atom. The summed E-state index contributed by atoms with van der Waals surface area (Å²) in [6.07, 6.45) is 2.23. The van der Waals surface area contributed by atoms with Crippen molar-refractivity contribution in [1.29, 1.82) is 0 Å². The highest BCUT2D eigenvalue weighted by Crippen LogP contribution is 2.20. The Morgan fingerprint density at radius 1 is 1.53 bits per heavy atom. The summed E-state index contributed by atoms with van der Waals surface area (Å²) in [6, 6.07) is 1.57. The molecule has 0 saturated heterocycles.